The molecular formula is C43H31N5. The lowest BCUT2D eigenvalue weighted by molar-refractivity contribution is 0.738. The quantitative estimate of drug-likeness (QED) is 0.193. The highest BCUT2D eigenvalue weighted by atomic mass is 15.0. The minimum atomic E-state index is -0.211. The average molecular weight is 618 g/mol. The molecule has 1 aliphatic heterocycles. The highest BCUT2D eigenvalue weighted by Gasteiger charge is 2.37. The van der Waals surface area contributed by atoms with E-state index in [4.69, 9.17) is 19.9 Å². The van der Waals surface area contributed by atoms with E-state index >= 15 is 0 Å². The molecule has 5 nitrogen and oxygen atoms in total. The van der Waals surface area contributed by atoms with E-state index in [0.717, 1.165) is 50.4 Å². The van der Waals surface area contributed by atoms with Crippen LogP contribution in [0.2, 0.25) is 0 Å². The molecule has 6 aromatic carbocycles. The molecule has 2 aromatic heterocycles. The Morgan fingerprint density at radius 2 is 0.958 bits per heavy atom. The summed E-state index contributed by atoms with van der Waals surface area (Å²) in [5.41, 5.74) is 10.6. The smallest absolute Gasteiger partial charge is 0.164 e. The van der Waals surface area contributed by atoms with Gasteiger partial charge in [0.15, 0.2) is 17.5 Å². The zero-order valence-electron chi connectivity index (χ0n) is 26.7. The molecule has 0 atom stereocenters. The summed E-state index contributed by atoms with van der Waals surface area (Å²) in [6, 6.07) is 52.4. The number of hydrogen-bond acceptors (Lipinski definition) is 4. The summed E-state index contributed by atoms with van der Waals surface area (Å²) in [5, 5.41) is 2.38. The zero-order valence-corrected chi connectivity index (χ0v) is 26.7. The molecule has 9 rings (SSSR count). The van der Waals surface area contributed by atoms with Crippen molar-refractivity contribution in [2.75, 3.05) is 0 Å². The molecule has 1 aliphatic rings. The van der Waals surface area contributed by atoms with Crippen LogP contribution in [0, 0.1) is 0 Å². The molecule has 8 aromatic rings. The molecule has 0 aliphatic carbocycles. The van der Waals surface area contributed by atoms with E-state index in [9.17, 15) is 0 Å². The maximum absolute atomic E-state index is 5.36. The van der Waals surface area contributed by atoms with E-state index in [2.05, 4.69) is 109 Å². The van der Waals surface area contributed by atoms with Gasteiger partial charge in [-0.05, 0) is 47.5 Å². The largest absolute Gasteiger partial charge is 0.309 e. The summed E-state index contributed by atoms with van der Waals surface area (Å²) in [5.74, 6) is 1.94. The van der Waals surface area contributed by atoms with Gasteiger partial charge >= 0.3 is 0 Å². The summed E-state index contributed by atoms with van der Waals surface area (Å²) in [6.45, 7) is 4.56. The molecule has 0 saturated carbocycles. The third-order valence-corrected chi connectivity index (χ3v) is 9.43. The van der Waals surface area contributed by atoms with E-state index in [-0.39, 0.29) is 5.41 Å². The summed E-state index contributed by atoms with van der Waals surface area (Å²) in [7, 11) is 0. The van der Waals surface area contributed by atoms with Crippen LogP contribution in [0.5, 0.6) is 0 Å². The van der Waals surface area contributed by atoms with Crippen molar-refractivity contribution in [2.24, 2.45) is 4.99 Å². The van der Waals surface area contributed by atoms with Crippen molar-refractivity contribution in [3.63, 3.8) is 0 Å². The van der Waals surface area contributed by atoms with Crippen LogP contribution in [0.4, 0.5) is 5.69 Å². The molecule has 0 unspecified atom stereocenters. The van der Waals surface area contributed by atoms with Crippen LogP contribution in [0.3, 0.4) is 0 Å². The molecule has 0 bridgehead atoms. The molecule has 0 spiro atoms. The van der Waals surface area contributed by atoms with Crippen molar-refractivity contribution >= 4 is 33.2 Å². The van der Waals surface area contributed by atoms with Crippen molar-refractivity contribution in [3.05, 3.63) is 163 Å². The Kier molecular flexibility index (Phi) is 6.40. The fourth-order valence-corrected chi connectivity index (χ4v) is 7.04. The van der Waals surface area contributed by atoms with Gasteiger partial charge in [0, 0.05) is 38.6 Å². The van der Waals surface area contributed by atoms with Crippen molar-refractivity contribution in [3.8, 4) is 39.9 Å². The minimum Gasteiger partial charge on any atom is -0.309 e. The standard InChI is InChI=1S/C43H31N5/c1-43(2)34-26-27-36-37(38(34)44-39(43)28-14-6-3-7-15-28)33-20-12-13-21-35(33)48(36)32-24-22-31(23-25-32)42-46-40(29-16-8-4-9-17-29)45-41(47-42)30-18-10-5-11-19-30/h3-27H,1-2H3. The summed E-state index contributed by atoms with van der Waals surface area (Å²) < 4.78 is 2.34. The van der Waals surface area contributed by atoms with Gasteiger partial charge in [-0.3, -0.25) is 4.99 Å². The first-order valence-corrected chi connectivity index (χ1v) is 16.3. The van der Waals surface area contributed by atoms with Gasteiger partial charge in [0.25, 0.3) is 0 Å². The van der Waals surface area contributed by atoms with Crippen LogP contribution >= 0.6 is 0 Å². The van der Waals surface area contributed by atoms with Gasteiger partial charge in [0.2, 0.25) is 0 Å². The molecule has 5 heteroatoms. The number of para-hydroxylation sites is 1. The van der Waals surface area contributed by atoms with Gasteiger partial charge < -0.3 is 4.57 Å². The highest BCUT2D eigenvalue weighted by molar-refractivity contribution is 6.21. The van der Waals surface area contributed by atoms with Crippen molar-refractivity contribution in [1.29, 1.82) is 0 Å². The molecule has 0 fully saturated rings. The number of hydrogen-bond donors (Lipinski definition) is 0. The molecule has 0 N–H and O–H groups in total. The molecule has 0 saturated heterocycles. The van der Waals surface area contributed by atoms with Crippen LogP contribution in [0.25, 0.3) is 61.7 Å². The Hall–Kier alpha value is -6.20. The number of rotatable bonds is 5. The highest BCUT2D eigenvalue weighted by Crippen LogP contribution is 2.49. The molecule has 228 valence electrons. The number of aromatic nitrogens is 4. The number of aliphatic imine (C=N–C) groups is 1. The Morgan fingerprint density at radius 3 is 1.54 bits per heavy atom. The number of nitrogens with zero attached hydrogens (tertiary/aromatic N) is 5. The topological polar surface area (TPSA) is 56.0 Å². The third-order valence-electron chi connectivity index (χ3n) is 9.43. The first-order valence-electron chi connectivity index (χ1n) is 16.3. The van der Waals surface area contributed by atoms with Gasteiger partial charge in [-0.1, -0.05) is 129 Å². The maximum atomic E-state index is 5.36. The van der Waals surface area contributed by atoms with E-state index < -0.39 is 0 Å². The summed E-state index contributed by atoms with van der Waals surface area (Å²) in [4.78, 5) is 20.1. The predicted octanol–water partition coefficient (Wildman–Crippen LogP) is 10.4. The van der Waals surface area contributed by atoms with E-state index in [1.165, 1.54) is 16.3 Å². The normalized spacial score (nSPS) is 13.5. The summed E-state index contributed by atoms with van der Waals surface area (Å²) >= 11 is 0. The van der Waals surface area contributed by atoms with Crippen LogP contribution in [-0.2, 0) is 5.41 Å². The first kappa shape index (κ1) is 28.1. The first-order chi connectivity index (χ1) is 23.6. The monoisotopic (exact) mass is 617 g/mol. The Bertz CT molecular complexity index is 2440. The van der Waals surface area contributed by atoms with Gasteiger partial charge in [0.05, 0.1) is 22.4 Å². The Labute approximate surface area is 279 Å². The van der Waals surface area contributed by atoms with Crippen molar-refractivity contribution < 1.29 is 0 Å². The summed E-state index contributed by atoms with van der Waals surface area (Å²) in [6.07, 6.45) is 0. The van der Waals surface area contributed by atoms with Crippen LogP contribution in [-0.4, -0.2) is 25.2 Å². The predicted molar refractivity (Wildman–Crippen MR) is 196 cm³/mol. The number of benzene rings is 6. The SMILES string of the molecule is CC1(C)C(c2ccccc2)=Nc2c1ccc1c2c2ccccc2n1-c1ccc(-c2nc(-c3ccccc3)nc(-c3ccccc3)n2)cc1. The Balaban J connectivity index is 1.19. The second-order valence-corrected chi connectivity index (χ2v) is 12.7. The van der Waals surface area contributed by atoms with Gasteiger partial charge in [0.1, 0.15) is 0 Å². The maximum Gasteiger partial charge on any atom is 0.164 e. The fourth-order valence-electron chi connectivity index (χ4n) is 7.04. The third kappa shape index (κ3) is 4.47. The van der Waals surface area contributed by atoms with Gasteiger partial charge in [-0.2, -0.15) is 0 Å². The fraction of sp³-hybridized carbons (Fsp3) is 0.0698. The van der Waals surface area contributed by atoms with E-state index in [1.54, 1.807) is 0 Å². The average Bonchev–Trinajstić information content (AvgIpc) is 3.63. The lowest BCUT2D eigenvalue weighted by Gasteiger charge is -2.22. The molecule has 3 heterocycles. The minimum absolute atomic E-state index is 0.211. The molecular weight excluding hydrogens is 587 g/mol. The molecule has 48 heavy (non-hydrogen) atoms. The van der Waals surface area contributed by atoms with Crippen LogP contribution in [0.15, 0.2) is 157 Å². The van der Waals surface area contributed by atoms with E-state index in [1.807, 2.05) is 60.7 Å². The lowest BCUT2D eigenvalue weighted by atomic mass is 9.78. The van der Waals surface area contributed by atoms with Crippen LogP contribution in [0.1, 0.15) is 25.0 Å². The van der Waals surface area contributed by atoms with Gasteiger partial charge in [-0.25, -0.2) is 15.0 Å². The molecule has 0 radical (unpaired) electrons. The van der Waals surface area contributed by atoms with Crippen LogP contribution < -0.4 is 0 Å². The van der Waals surface area contributed by atoms with Gasteiger partial charge in [-0.15, -0.1) is 0 Å². The van der Waals surface area contributed by atoms with Crippen molar-refractivity contribution in [2.45, 2.75) is 19.3 Å². The van der Waals surface area contributed by atoms with E-state index in [0.29, 0.717) is 17.5 Å². The second-order valence-electron chi connectivity index (χ2n) is 12.7. The van der Waals surface area contributed by atoms with Crippen molar-refractivity contribution in [1.82, 2.24) is 19.5 Å². The number of fused-ring (bicyclic) bond motifs is 5. The Morgan fingerprint density at radius 1 is 0.458 bits per heavy atom. The molecule has 0 amide bonds. The zero-order chi connectivity index (χ0) is 32.2. The lowest BCUT2D eigenvalue weighted by Crippen LogP contribution is -2.26. The second kappa shape index (κ2) is 11.0.